The van der Waals surface area contributed by atoms with E-state index >= 15 is 0 Å². The molecule has 0 spiro atoms. The number of hydrogen-bond acceptors (Lipinski definition) is 19. The highest BCUT2D eigenvalue weighted by Gasteiger charge is 2.57. The molecule has 0 aromatic carbocycles. The molecule has 0 radical (unpaired) electrons. The van der Waals surface area contributed by atoms with Crippen LogP contribution in [0.1, 0.15) is 44.9 Å². The molecule has 6 fully saturated rings. The van der Waals surface area contributed by atoms with Crippen LogP contribution in [0.15, 0.2) is 0 Å². The second-order valence-corrected chi connectivity index (χ2v) is 15.3. The standard InChI is InChI=1S/C33H56O20/c34-8-18-21(39)24(42)27(45)31(50-18)47-13-5-15(38)14-7-17(29(48-16(14)6-13)11-1-3-12(37)4-2-11)49-33-30(26(44)23(41)20(10-36)52-33)53-32-28(46)25(43)22(40)19(9-35)51-32/h11-46H,1-10H2/p+1/t11?,12?,13?,14?,15?,16?,17?,18-,19-,20-,21-,22-,23-,24+,25+,26+,27-,28-,29?,30-,31-,32+,33-/m1/s1. The quantitative estimate of drug-likeness (QED) is 0.0918. The average Bonchev–Trinajstić information content (AvgIpc) is 3.15. The third-order valence-corrected chi connectivity index (χ3v) is 11.9. The van der Waals surface area contributed by atoms with Crippen molar-refractivity contribution >= 4 is 0 Å². The van der Waals surface area contributed by atoms with Gasteiger partial charge in [-0.15, -0.1) is 0 Å². The van der Waals surface area contributed by atoms with Crippen molar-refractivity contribution in [3.8, 4) is 0 Å². The maximum atomic E-state index is 11.4. The van der Waals surface area contributed by atoms with E-state index in [0.29, 0.717) is 25.7 Å². The van der Waals surface area contributed by atoms with Crippen LogP contribution in [0.4, 0.5) is 0 Å². The minimum Gasteiger partial charge on any atom is -0.427 e. The Kier molecular flexibility index (Phi) is 14.0. The van der Waals surface area contributed by atoms with Crippen LogP contribution in [0.25, 0.3) is 0 Å². The van der Waals surface area contributed by atoms with Crippen molar-refractivity contribution in [2.24, 2.45) is 11.8 Å². The van der Waals surface area contributed by atoms with Gasteiger partial charge in [-0.1, -0.05) is 0 Å². The number of ether oxygens (including phenoxy) is 7. The van der Waals surface area contributed by atoms with Crippen molar-refractivity contribution < 1.29 is 99.5 Å². The van der Waals surface area contributed by atoms with Gasteiger partial charge in [-0.3, -0.25) is 0 Å². The zero-order chi connectivity index (χ0) is 38.3. The fourth-order valence-corrected chi connectivity index (χ4v) is 8.75. The van der Waals surface area contributed by atoms with E-state index in [-0.39, 0.29) is 25.2 Å². The highest BCUT2D eigenvalue weighted by Crippen LogP contribution is 2.43. The third kappa shape index (κ3) is 8.72. The molecule has 6 aliphatic rings. The fourth-order valence-electron chi connectivity index (χ4n) is 8.75. The van der Waals surface area contributed by atoms with Crippen LogP contribution in [0.3, 0.4) is 0 Å². The number of rotatable bonds is 10. The van der Waals surface area contributed by atoms with Gasteiger partial charge in [-0.25, -0.2) is 0 Å². The summed E-state index contributed by atoms with van der Waals surface area (Å²) in [7, 11) is 0. The van der Waals surface area contributed by atoms with Crippen LogP contribution >= 0.6 is 0 Å². The Morgan fingerprint density at radius 1 is 0.509 bits per heavy atom. The van der Waals surface area contributed by atoms with Gasteiger partial charge in [0.1, 0.15) is 79.4 Å². The summed E-state index contributed by atoms with van der Waals surface area (Å²) >= 11 is 0. The Bertz CT molecular complexity index is 1140. The van der Waals surface area contributed by atoms with E-state index < -0.39 is 154 Å². The molecular formula is C33H57O20+. The van der Waals surface area contributed by atoms with Crippen LogP contribution < -0.4 is 0 Å². The predicted molar refractivity (Wildman–Crippen MR) is 171 cm³/mol. The van der Waals surface area contributed by atoms with E-state index in [1.807, 2.05) is 0 Å². The van der Waals surface area contributed by atoms with Crippen molar-refractivity contribution in [1.82, 2.24) is 0 Å². The molecule has 20 heteroatoms. The Balaban J connectivity index is 1.21. The first-order valence-electron chi connectivity index (χ1n) is 18.5. The lowest BCUT2D eigenvalue weighted by molar-refractivity contribution is -0.388. The number of hydrogen-bond donors (Lipinski definition) is 13. The molecule has 0 bridgehead atoms. The molecule has 6 unspecified atom stereocenters. The molecule has 0 amide bonds. The summed E-state index contributed by atoms with van der Waals surface area (Å²) in [5.74, 6) is -0.594. The fraction of sp³-hybridized carbons (Fsp3) is 1.00. The zero-order valence-corrected chi connectivity index (χ0v) is 29.1. The molecule has 4 heterocycles. The Morgan fingerprint density at radius 2 is 1.02 bits per heavy atom. The normalized spacial score (nSPS) is 53.9. The number of fused-ring (bicyclic) bond motifs is 1. The van der Waals surface area contributed by atoms with E-state index in [2.05, 4.69) is 0 Å². The van der Waals surface area contributed by atoms with E-state index in [1.54, 1.807) is 0 Å². The maximum Gasteiger partial charge on any atom is 0.187 e. The largest absolute Gasteiger partial charge is 0.427 e. The molecule has 53 heavy (non-hydrogen) atoms. The maximum absolute atomic E-state index is 11.4. The van der Waals surface area contributed by atoms with Crippen molar-refractivity contribution in [3.63, 3.8) is 0 Å². The smallest absolute Gasteiger partial charge is 0.187 e. The summed E-state index contributed by atoms with van der Waals surface area (Å²) in [5.41, 5.74) is 0. The monoisotopic (exact) mass is 773 g/mol. The van der Waals surface area contributed by atoms with Crippen molar-refractivity contribution in [1.29, 1.82) is 0 Å². The highest BCUT2D eigenvalue weighted by atomic mass is 16.8. The van der Waals surface area contributed by atoms with Gasteiger partial charge in [0.25, 0.3) is 0 Å². The first-order chi connectivity index (χ1) is 25.3. The average molecular weight is 774 g/mol. The molecule has 308 valence electrons. The summed E-state index contributed by atoms with van der Waals surface area (Å²) in [4.78, 5) is 0. The van der Waals surface area contributed by atoms with Crippen LogP contribution in [0.2, 0.25) is 0 Å². The lowest BCUT2D eigenvalue weighted by Gasteiger charge is -2.50. The topological polar surface area (TPSA) is 331 Å². The van der Waals surface area contributed by atoms with E-state index in [4.69, 9.17) is 33.2 Å². The number of aliphatic hydroxyl groups is 15. The van der Waals surface area contributed by atoms with Gasteiger partial charge in [0.15, 0.2) is 31.1 Å². The second-order valence-electron chi connectivity index (χ2n) is 15.3. The third-order valence-electron chi connectivity index (χ3n) is 11.9. The SMILES string of the molecule is OC[C@H]1O[C@@H](OC2CC(O)C3CC(O[C@@H]4O[C@H](CO)[C@@H](O)[C@H](O)[C@H]4O[C@@H]4O[C@H](CO)[C@@H](O)[C@H](O)[C@H]4O)C(C4CCC(O)CC4)[OH+]C3C2)[C@H](O)[C@@H](O)[C@@H]1O. The molecule has 6 rings (SSSR count). The van der Waals surface area contributed by atoms with Crippen LogP contribution in [0.5, 0.6) is 0 Å². The first-order valence-corrected chi connectivity index (χ1v) is 18.5. The van der Waals surface area contributed by atoms with E-state index in [9.17, 15) is 66.4 Å². The van der Waals surface area contributed by atoms with Crippen LogP contribution in [-0.2, 0) is 28.4 Å². The molecule has 2 saturated carbocycles. The highest BCUT2D eigenvalue weighted by molar-refractivity contribution is 4.99. The molecule has 20 nitrogen and oxygen atoms in total. The van der Waals surface area contributed by atoms with Crippen molar-refractivity contribution in [2.75, 3.05) is 19.8 Å². The van der Waals surface area contributed by atoms with Gasteiger partial charge >= 0.3 is 0 Å². The molecule has 14 N–H and O–H groups in total. The van der Waals surface area contributed by atoms with Gasteiger partial charge in [-0.2, -0.15) is 0 Å². The van der Waals surface area contributed by atoms with Crippen molar-refractivity contribution in [2.45, 2.75) is 174 Å². The summed E-state index contributed by atoms with van der Waals surface area (Å²) in [6, 6.07) is 0. The van der Waals surface area contributed by atoms with Gasteiger partial charge in [0, 0.05) is 18.8 Å². The molecule has 21 atom stereocenters. The lowest BCUT2D eigenvalue weighted by Crippen LogP contribution is -2.66. The summed E-state index contributed by atoms with van der Waals surface area (Å²) in [5, 5.41) is 135. The predicted octanol–water partition coefficient (Wildman–Crippen LogP) is -6.83. The van der Waals surface area contributed by atoms with E-state index in [1.165, 1.54) is 0 Å². The van der Waals surface area contributed by atoms with Gasteiger partial charge in [0.05, 0.1) is 44.1 Å². The Hall–Kier alpha value is -0.800. The summed E-state index contributed by atoms with van der Waals surface area (Å²) in [6.45, 7) is -2.10. The summed E-state index contributed by atoms with van der Waals surface area (Å²) < 4.78 is 40.4. The van der Waals surface area contributed by atoms with Crippen molar-refractivity contribution in [3.05, 3.63) is 0 Å². The van der Waals surface area contributed by atoms with E-state index in [0.717, 1.165) is 0 Å². The Morgan fingerprint density at radius 3 is 1.57 bits per heavy atom. The number of aliphatic hydroxyl groups excluding tert-OH is 13. The first kappa shape index (κ1) is 41.8. The molecular weight excluding hydrogens is 716 g/mol. The van der Waals surface area contributed by atoms with Gasteiger partial charge < -0.3 is 99.5 Å². The molecule has 0 aromatic heterocycles. The minimum atomic E-state index is -1.85. The molecule has 0 aromatic rings. The molecule has 4 saturated heterocycles. The van der Waals surface area contributed by atoms with Crippen LogP contribution in [-0.4, -0.2) is 220 Å². The van der Waals surface area contributed by atoms with Crippen LogP contribution in [0, 0.1) is 11.8 Å². The van der Waals surface area contributed by atoms with Gasteiger partial charge in [0.2, 0.25) is 0 Å². The lowest BCUT2D eigenvalue weighted by atomic mass is 9.73. The summed E-state index contributed by atoms with van der Waals surface area (Å²) in [6.07, 6.45) is -25.1. The minimum absolute atomic E-state index is 0.0684. The zero-order valence-electron chi connectivity index (χ0n) is 29.1. The second kappa shape index (κ2) is 17.8. The van der Waals surface area contributed by atoms with Gasteiger partial charge in [-0.05, 0) is 32.1 Å². The molecule has 2 aliphatic carbocycles. The Labute approximate surface area is 305 Å². The molecule has 4 aliphatic heterocycles.